The van der Waals surface area contributed by atoms with Gasteiger partial charge in [-0.3, -0.25) is 0 Å². The molecule has 1 heterocycles. The third-order valence-corrected chi connectivity index (χ3v) is 4.98. The number of hydrogen-bond acceptors (Lipinski definition) is 5. The summed E-state index contributed by atoms with van der Waals surface area (Å²) in [5.41, 5.74) is 6.48. The van der Waals surface area contributed by atoms with E-state index in [0.29, 0.717) is 18.9 Å². The highest BCUT2D eigenvalue weighted by molar-refractivity contribution is 7.91. The second kappa shape index (κ2) is 7.06. The fourth-order valence-corrected chi connectivity index (χ4v) is 3.57. The molecule has 1 atom stereocenters. The minimum atomic E-state index is -3.14. The Hall–Kier alpha value is -1.11. The van der Waals surface area contributed by atoms with Gasteiger partial charge in [-0.25, -0.2) is 8.42 Å². The Kier molecular flexibility index (Phi) is 5.39. The van der Waals surface area contributed by atoms with Crippen molar-refractivity contribution in [3.05, 3.63) is 29.8 Å². The molecule has 0 bridgehead atoms. The first-order valence-corrected chi connectivity index (χ1v) is 8.65. The Morgan fingerprint density at radius 2 is 2.15 bits per heavy atom. The van der Waals surface area contributed by atoms with Crippen LogP contribution in [0.25, 0.3) is 0 Å². The van der Waals surface area contributed by atoms with E-state index in [4.69, 9.17) is 15.2 Å². The van der Waals surface area contributed by atoms with Crippen LogP contribution in [0.2, 0.25) is 0 Å². The first-order chi connectivity index (χ1) is 9.61. The molecule has 0 aliphatic carbocycles. The summed E-state index contributed by atoms with van der Waals surface area (Å²) in [7, 11) is -3.14. The zero-order chi connectivity index (χ0) is 14.4. The summed E-state index contributed by atoms with van der Waals surface area (Å²) in [6.45, 7) is 1.19. The third kappa shape index (κ3) is 4.47. The SMILES string of the molecule is NCc1ccccc1OCCS(=O)(=O)CC1CCCO1. The molecule has 112 valence electrons. The summed E-state index contributed by atoms with van der Waals surface area (Å²) in [5, 5.41) is 0. The number of hydrogen-bond donors (Lipinski definition) is 1. The highest BCUT2D eigenvalue weighted by Gasteiger charge is 2.23. The summed E-state index contributed by atoms with van der Waals surface area (Å²) in [6, 6.07) is 7.39. The molecule has 1 saturated heterocycles. The van der Waals surface area contributed by atoms with Crippen LogP contribution in [0.15, 0.2) is 24.3 Å². The number of sulfone groups is 1. The Labute approximate surface area is 120 Å². The van der Waals surface area contributed by atoms with Crippen LogP contribution in [0.3, 0.4) is 0 Å². The Bertz CT molecular complexity index is 524. The Morgan fingerprint density at radius 3 is 2.85 bits per heavy atom. The van der Waals surface area contributed by atoms with Crippen molar-refractivity contribution in [1.82, 2.24) is 0 Å². The van der Waals surface area contributed by atoms with Crippen LogP contribution in [0.1, 0.15) is 18.4 Å². The predicted octanol–water partition coefficient (Wildman–Crippen LogP) is 1.12. The molecular formula is C14H21NO4S. The van der Waals surface area contributed by atoms with Crippen molar-refractivity contribution in [3.63, 3.8) is 0 Å². The average Bonchev–Trinajstić information content (AvgIpc) is 2.91. The highest BCUT2D eigenvalue weighted by Crippen LogP contribution is 2.18. The van der Waals surface area contributed by atoms with E-state index in [2.05, 4.69) is 0 Å². The molecule has 2 N–H and O–H groups in total. The first-order valence-electron chi connectivity index (χ1n) is 6.83. The molecule has 1 unspecified atom stereocenters. The predicted molar refractivity (Wildman–Crippen MR) is 77.5 cm³/mol. The van der Waals surface area contributed by atoms with Gasteiger partial charge in [-0.1, -0.05) is 18.2 Å². The van der Waals surface area contributed by atoms with Gasteiger partial charge in [0.05, 0.1) is 17.6 Å². The van der Waals surface area contributed by atoms with Crippen molar-refractivity contribution in [2.45, 2.75) is 25.5 Å². The quantitative estimate of drug-likeness (QED) is 0.816. The van der Waals surface area contributed by atoms with Gasteiger partial charge in [-0.05, 0) is 18.9 Å². The molecule has 1 aromatic rings. The van der Waals surface area contributed by atoms with Crippen molar-refractivity contribution in [3.8, 4) is 5.75 Å². The van der Waals surface area contributed by atoms with E-state index in [1.54, 1.807) is 6.07 Å². The molecule has 0 amide bonds. The molecule has 20 heavy (non-hydrogen) atoms. The van der Waals surface area contributed by atoms with Crippen LogP contribution >= 0.6 is 0 Å². The van der Waals surface area contributed by atoms with Gasteiger partial charge in [0, 0.05) is 18.7 Å². The molecule has 6 heteroatoms. The van der Waals surface area contributed by atoms with Crippen molar-refractivity contribution >= 4 is 9.84 Å². The van der Waals surface area contributed by atoms with Gasteiger partial charge in [0.2, 0.25) is 0 Å². The first kappa shape index (κ1) is 15.3. The average molecular weight is 299 g/mol. The molecule has 1 fully saturated rings. The third-order valence-electron chi connectivity index (χ3n) is 3.31. The van der Waals surface area contributed by atoms with Gasteiger partial charge in [0.15, 0.2) is 9.84 Å². The summed E-state index contributed by atoms with van der Waals surface area (Å²) in [5.74, 6) is 0.753. The van der Waals surface area contributed by atoms with Crippen LogP contribution in [0, 0.1) is 0 Å². The maximum Gasteiger partial charge on any atom is 0.156 e. The van der Waals surface area contributed by atoms with Crippen molar-refractivity contribution < 1.29 is 17.9 Å². The summed E-state index contributed by atoms with van der Waals surface area (Å²) in [4.78, 5) is 0. The number of rotatable bonds is 7. The second-order valence-corrected chi connectivity index (χ2v) is 7.14. The Balaban J connectivity index is 1.82. The molecular weight excluding hydrogens is 278 g/mol. The summed E-state index contributed by atoms with van der Waals surface area (Å²) < 4.78 is 34.8. The minimum Gasteiger partial charge on any atom is -0.492 e. The van der Waals surface area contributed by atoms with Crippen molar-refractivity contribution in [2.24, 2.45) is 5.73 Å². The lowest BCUT2D eigenvalue weighted by Gasteiger charge is -2.12. The van der Waals surface area contributed by atoms with Gasteiger partial charge in [0.25, 0.3) is 0 Å². The number of ether oxygens (including phenoxy) is 2. The van der Waals surface area contributed by atoms with E-state index in [-0.39, 0.29) is 24.2 Å². The topological polar surface area (TPSA) is 78.6 Å². The smallest absolute Gasteiger partial charge is 0.156 e. The highest BCUT2D eigenvalue weighted by atomic mass is 32.2. The van der Waals surface area contributed by atoms with Gasteiger partial charge in [0.1, 0.15) is 12.4 Å². The van der Waals surface area contributed by atoms with Crippen LogP contribution in [-0.4, -0.2) is 39.2 Å². The molecule has 0 aromatic heterocycles. The maximum absolute atomic E-state index is 11.9. The number of nitrogens with two attached hydrogens (primary N) is 1. The van der Waals surface area contributed by atoms with E-state index >= 15 is 0 Å². The van der Waals surface area contributed by atoms with E-state index < -0.39 is 9.84 Å². The molecule has 5 nitrogen and oxygen atoms in total. The maximum atomic E-state index is 11.9. The van der Waals surface area contributed by atoms with Gasteiger partial charge < -0.3 is 15.2 Å². The molecule has 1 aliphatic rings. The van der Waals surface area contributed by atoms with E-state index in [1.165, 1.54) is 0 Å². The standard InChI is InChI=1S/C14H21NO4S/c15-10-12-4-1-2-6-14(12)19-8-9-20(16,17)11-13-5-3-7-18-13/h1-2,4,6,13H,3,5,7-11,15H2. The van der Waals surface area contributed by atoms with Gasteiger partial charge in [-0.15, -0.1) is 0 Å². The normalized spacial score (nSPS) is 19.1. The van der Waals surface area contributed by atoms with Crippen molar-refractivity contribution in [2.75, 3.05) is 24.7 Å². The molecule has 2 rings (SSSR count). The van der Waals surface area contributed by atoms with E-state index in [9.17, 15) is 8.42 Å². The lowest BCUT2D eigenvalue weighted by molar-refractivity contribution is 0.127. The number of benzene rings is 1. The fraction of sp³-hybridized carbons (Fsp3) is 0.571. The largest absolute Gasteiger partial charge is 0.492 e. The van der Waals surface area contributed by atoms with Gasteiger partial charge >= 0.3 is 0 Å². The molecule has 0 spiro atoms. The van der Waals surface area contributed by atoms with E-state index in [1.807, 2.05) is 18.2 Å². The van der Waals surface area contributed by atoms with Crippen LogP contribution in [0.4, 0.5) is 0 Å². The van der Waals surface area contributed by atoms with E-state index in [0.717, 1.165) is 18.4 Å². The number of para-hydroxylation sites is 1. The van der Waals surface area contributed by atoms with Crippen LogP contribution in [0.5, 0.6) is 5.75 Å². The van der Waals surface area contributed by atoms with Crippen LogP contribution in [-0.2, 0) is 21.1 Å². The molecule has 1 aromatic carbocycles. The monoisotopic (exact) mass is 299 g/mol. The second-order valence-electron chi connectivity index (χ2n) is 4.91. The summed E-state index contributed by atoms with van der Waals surface area (Å²) in [6.07, 6.45) is 1.63. The fourth-order valence-electron chi connectivity index (χ4n) is 2.23. The van der Waals surface area contributed by atoms with Crippen molar-refractivity contribution in [1.29, 1.82) is 0 Å². The zero-order valence-corrected chi connectivity index (χ0v) is 12.3. The zero-order valence-electron chi connectivity index (χ0n) is 11.5. The summed E-state index contributed by atoms with van der Waals surface area (Å²) >= 11 is 0. The van der Waals surface area contributed by atoms with Gasteiger partial charge in [-0.2, -0.15) is 0 Å². The van der Waals surface area contributed by atoms with Crippen LogP contribution < -0.4 is 10.5 Å². The molecule has 0 saturated carbocycles. The lowest BCUT2D eigenvalue weighted by atomic mass is 10.2. The molecule has 0 radical (unpaired) electrons. The molecule has 1 aliphatic heterocycles. The lowest BCUT2D eigenvalue weighted by Crippen LogP contribution is -2.25. The minimum absolute atomic E-state index is 0.00572. The Morgan fingerprint density at radius 1 is 1.35 bits per heavy atom.